The molecule has 0 atom stereocenters. The van der Waals surface area contributed by atoms with Crippen molar-refractivity contribution in [3.63, 3.8) is 0 Å². The van der Waals surface area contributed by atoms with E-state index in [1.165, 1.54) is 6.08 Å². The Labute approximate surface area is 153 Å². The Kier molecular flexibility index (Phi) is 6.50. The van der Waals surface area contributed by atoms with E-state index < -0.39 is 19.2 Å². The number of hydrogen-bond donors (Lipinski definition) is 0. The van der Waals surface area contributed by atoms with Crippen molar-refractivity contribution in [1.82, 2.24) is 0 Å². The zero-order chi connectivity index (χ0) is 19.4. The first kappa shape index (κ1) is 20.5. The highest BCUT2D eigenvalue weighted by Crippen LogP contribution is 2.57. The molecule has 0 N–H and O–H groups in total. The third kappa shape index (κ3) is 5.10. The van der Waals surface area contributed by atoms with Gasteiger partial charge in [0.05, 0.1) is 13.2 Å². The summed E-state index contributed by atoms with van der Waals surface area (Å²) in [4.78, 5) is 12.7. The van der Waals surface area contributed by atoms with Gasteiger partial charge in [-0.15, -0.1) is 0 Å². The highest BCUT2D eigenvalue weighted by Gasteiger charge is 2.37. The quantitative estimate of drug-likeness (QED) is 0.392. The molecule has 1 aromatic carbocycles. The lowest BCUT2D eigenvalue weighted by atomic mass is 10.2. The summed E-state index contributed by atoms with van der Waals surface area (Å²) in [5.41, 5.74) is -0.163. The van der Waals surface area contributed by atoms with Crippen LogP contribution in [0.25, 0.3) is 6.08 Å². The number of ether oxygens (including phenoxy) is 3. The number of benzene rings is 1. The molecule has 0 saturated heterocycles. The van der Waals surface area contributed by atoms with E-state index in [1.807, 2.05) is 0 Å². The molecule has 1 aromatic rings. The van der Waals surface area contributed by atoms with E-state index in [9.17, 15) is 9.36 Å². The lowest BCUT2D eigenvalue weighted by Gasteiger charge is -2.24. The summed E-state index contributed by atoms with van der Waals surface area (Å²) in [5.74, 6) is 0.407. The van der Waals surface area contributed by atoms with Gasteiger partial charge in [0.25, 0.3) is 0 Å². The summed E-state index contributed by atoms with van der Waals surface area (Å²) in [6.07, 6.45) is 1.45. The van der Waals surface area contributed by atoms with Crippen molar-refractivity contribution in [2.75, 3.05) is 20.0 Å². The lowest BCUT2D eigenvalue weighted by Crippen LogP contribution is -2.25. The summed E-state index contributed by atoms with van der Waals surface area (Å²) in [5, 5.41) is -0.157. The number of rotatable bonds is 7. The maximum atomic E-state index is 13.2. The Balaban J connectivity index is 2.48. The molecule has 1 aliphatic rings. The van der Waals surface area contributed by atoms with E-state index in [4.69, 9.17) is 23.3 Å². The molecule has 144 valence electrons. The average Bonchev–Trinajstić information content (AvgIpc) is 2.98. The minimum atomic E-state index is -3.84. The van der Waals surface area contributed by atoms with Gasteiger partial charge < -0.3 is 23.3 Å². The third-order valence-corrected chi connectivity index (χ3v) is 5.30. The minimum absolute atomic E-state index is 0.124. The van der Waals surface area contributed by atoms with Crippen LogP contribution in [0.15, 0.2) is 23.5 Å². The number of fused-ring (bicyclic) bond motifs is 1. The van der Waals surface area contributed by atoms with Crippen molar-refractivity contribution >= 4 is 19.6 Å². The van der Waals surface area contributed by atoms with Gasteiger partial charge in [-0.25, -0.2) is 4.79 Å². The van der Waals surface area contributed by atoms with Crippen molar-refractivity contribution in [3.05, 3.63) is 29.1 Å². The molecular weight excluding hydrogens is 359 g/mol. The molecule has 0 aromatic heterocycles. The molecule has 26 heavy (non-hydrogen) atoms. The van der Waals surface area contributed by atoms with Gasteiger partial charge in [-0.1, -0.05) is 6.07 Å². The Hall–Kier alpha value is -1.82. The van der Waals surface area contributed by atoms with Crippen molar-refractivity contribution in [2.24, 2.45) is 0 Å². The van der Waals surface area contributed by atoms with Crippen molar-refractivity contribution in [2.45, 2.75) is 40.2 Å². The second-order valence-corrected chi connectivity index (χ2v) is 8.47. The topological polar surface area (TPSA) is 80.3 Å². The van der Waals surface area contributed by atoms with Crippen LogP contribution in [-0.2, 0) is 23.1 Å². The van der Waals surface area contributed by atoms with Gasteiger partial charge in [-0.05, 0) is 58.4 Å². The molecular formula is C18H25O7P. The molecule has 2 rings (SSSR count). The SMILES string of the molecule is CCOP(=O)(OCC)/C(=C/c1ccc2c(c1)OCO2)C(=O)OC(C)(C)C. The van der Waals surface area contributed by atoms with Gasteiger partial charge >= 0.3 is 13.6 Å². The van der Waals surface area contributed by atoms with Crippen LogP contribution in [0.2, 0.25) is 0 Å². The Bertz CT molecular complexity index is 724. The van der Waals surface area contributed by atoms with E-state index in [0.717, 1.165) is 0 Å². The van der Waals surface area contributed by atoms with Crippen LogP contribution in [0.4, 0.5) is 0 Å². The molecule has 1 heterocycles. The summed E-state index contributed by atoms with van der Waals surface area (Å²) in [7, 11) is -3.84. The normalized spacial score (nSPS) is 14.4. The third-order valence-electron chi connectivity index (χ3n) is 3.20. The molecule has 0 spiro atoms. The molecule has 0 amide bonds. The standard InChI is InChI=1S/C18H25O7P/c1-6-23-26(20,24-7-2)16(17(19)25-18(3,4)5)11-13-8-9-14-15(10-13)22-12-21-14/h8-11H,6-7,12H2,1-5H3/b16-11+. The molecule has 0 radical (unpaired) electrons. The summed E-state index contributed by atoms with van der Waals surface area (Å²) in [6, 6.07) is 5.13. The first-order valence-corrected chi connectivity index (χ1v) is 9.97. The fourth-order valence-corrected chi connectivity index (χ4v) is 3.87. The van der Waals surface area contributed by atoms with Gasteiger partial charge in [0, 0.05) is 0 Å². The van der Waals surface area contributed by atoms with Gasteiger partial charge in [-0.3, -0.25) is 4.57 Å². The van der Waals surface area contributed by atoms with Crippen LogP contribution in [0.1, 0.15) is 40.2 Å². The van der Waals surface area contributed by atoms with E-state index in [1.54, 1.807) is 52.8 Å². The number of hydrogen-bond acceptors (Lipinski definition) is 7. The van der Waals surface area contributed by atoms with Crippen LogP contribution < -0.4 is 9.47 Å². The number of esters is 1. The van der Waals surface area contributed by atoms with Crippen LogP contribution in [0.5, 0.6) is 11.5 Å². The molecule has 0 unspecified atom stereocenters. The Morgan fingerprint density at radius 1 is 1.15 bits per heavy atom. The Morgan fingerprint density at radius 3 is 2.35 bits per heavy atom. The highest BCUT2D eigenvalue weighted by molar-refractivity contribution is 7.60. The van der Waals surface area contributed by atoms with E-state index in [-0.39, 0.29) is 25.3 Å². The molecule has 0 aliphatic carbocycles. The average molecular weight is 384 g/mol. The minimum Gasteiger partial charge on any atom is -0.456 e. The smallest absolute Gasteiger partial charge is 0.368 e. The highest BCUT2D eigenvalue weighted by atomic mass is 31.2. The largest absolute Gasteiger partial charge is 0.456 e. The summed E-state index contributed by atoms with van der Waals surface area (Å²) in [6.45, 7) is 8.94. The van der Waals surface area contributed by atoms with Gasteiger partial charge in [0.2, 0.25) is 6.79 Å². The molecule has 0 fully saturated rings. The molecule has 1 aliphatic heterocycles. The monoisotopic (exact) mass is 384 g/mol. The van der Waals surface area contributed by atoms with Crippen LogP contribution in [0.3, 0.4) is 0 Å². The van der Waals surface area contributed by atoms with E-state index in [0.29, 0.717) is 17.1 Å². The second kappa shape index (κ2) is 8.25. The fraction of sp³-hybridized carbons (Fsp3) is 0.500. The Morgan fingerprint density at radius 2 is 1.77 bits per heavy atom. The number of carbonyl (C=O) groups is 1. The van der Waals surface area contributed by atoms with E-state index >= 15 is 0 Å². The van der Waals surface area contributed by atoms with Crippen LogP contribution in [0, 0.1) is 0 Å². The van der Waals surface area contributed by atoms with Crippen molar-refractivity contribution < 1.29 is 32.6 Å². The second-order valence-electron chi connectivity index (χ2n) is 6.48. The zero-order valence-corrected chi connectivity index (χ0v) is 16.6. The fourth-order valence-electron chi connectivity index (χ4n) is 2.26. The van der Waals surface area contributed by atoms with Gasteiger partial charge in [0.1, 0.15) is 10.9 Å². The van der Waals surface area contributed by atoms with E-state index in [2.05, 4.69) is 0 Å². The van der Waals surface area contributed by atoms with Crippen LogP contribution >= 0.6 is 7.60 Å². The van der Waals surface area contributed by atoms with Crippen molar-refractivity contribution in [3.8, 4) is 11.5 Å². The first-order chi connectivity index (χ1) is 12.2. The van der Waals surface area contributed by atoms with Gasteiger partial charge in [0.15, 0.2) is 11.5 Å². The summed E-state index contributed by atoms with van der Waals surface area (Å²) >= 11 is 0. The van der Waals surface area contributed by atoms with Crippen LogP contribution in [-0.4, -0.2) is 31.6 Å². The molecule has 0 bridgehead atoms. The molecule has 0 saturated carbocycles. The zero-order valence-electron chi connectivity index (χ0n) is 15.7. The summed E-state index contributed by atoms with van der Waals surface area (Å²) < 4.78 is 39.9. The first-order valence-electron chi connectivity index (χ1n) is 8.43. The molecule has 8 heteroatoms. The maximum absolute atomic E-state index is 13.2. The lowest BCUT2D eigenvalue weighted by molar-refractivity contribution is -0.149. The van der Waals surface area contributed by atoms with Gasteiger partial charge in [-0.2, -0.15) is 0 Å². The molecule has 7 nitrogen and oxygen atoms in total. The number of carbonyl (C=O) groups excluding carboxylic acids is 1. The van der Waals surface area contributed by atoms with Crippen molar-refractivity contribution in [1.29, 1.82) is 0 Å². The maximum Gasteiger partial charge on any atom is 0.368 e. The predicted octanol–water partition coefficient (Wildman–Crippen LogP) is 4.36. The predicted molar refractivity (Wildman–Crippen MR) is 97.2 cm³/mol.